The highest BCUT2D eigenvalue weighted by atomic mass is 79.9. The van der Waals surface area contributed by atoms with Crippen molar-refractivity contribution in [3.8, 4) is 0 Å². The lowest BCUT2D eigenvalue weighted by Gasteiger charge is -2.32. The molecule has 1 aromatic rings. The lowest BCUT2D eigenvalue weighted by atomic mass is 10.0. The minimum atomic E-state index is -3.83. The Bertz CT molecular complexity index is 648. The van der Waals surface area contributed by atoms with Gasteiger partial charge in [0.15, 0.2) is 0 Å². The Morgan fingerprint density at radius 1 is 1.48 bits per heavy atom. The summed E-state index contributed by atoms with van der Waals surface area (Å²) in [7, 11) is -1.95. The molecular weight excluding hydrogens is 358 g/mol. The van der Waals surface area contributed by atoms with Gasteiger partial charge in [0.05, 0.1) is 10.5 Å². The number of nitrogens with zero attached hydrogens (tertiary/aromatic N) is 1. The Morgan fingerprint density at radius 3 is 2.81 bits per heavy atom. The SMILES string of the molecule is CN[C@@H]1CCCN(C(=O)c2cc(S(N)(=O)=O)ccc2Br)C1. The zero-order chi connectivity index (χ0) is 15.6. The highest BCUT2D eigenvalue weighted by Crippen LogP contribution is 2.23. The molecule has 21 heavy (non-hydrogen) atoms. The molecule has 8 heteroatoms. The van der Waals surface area contributed by atoms with Gasteiger partial charge in [0.1, 0.15) is 0 Å². The second kappa shape index (κ2) is 6.43. The minimum absolute atomic E-state index is 0.0591. The van der Waals surface area contributed by atoms with E-state index in [4.69, 9.17) is 5.14 Å². The van der Waals surface area contributed by atoms with Crippen LogP contribution < -0.4 is 10.5 Å². The number of rotatable bonds is 3. The number of nitrogens with one attached hydrogen (secondary N) is 1. The zero-order valence-corrected chi connectivity index (χ0v) is 14.1. The number of sulfonamides is 1. The molecule has 0 unspecified atom stereocenters. The Kier molecular flexibility index (Phi) is 5.03. The first-order chi connectivity index (χ1) is 9.82. The number of primary sulfonamides is 1. The second-order valence-electron chi connectivity index (χ2n) is 5.07. The highest BCUT2D eigenvalue weighted by molar-refractivity contribution is 9.10. The van der Waals surface area contributed by atoms with Crippen molar-refractivity contribution in [3.63, 3.8) is 0 Å². The molecular formula is C13H18BrN3O3S. The summed E-state index contributed by atoms with van der Waals surface area (Å²) in [6.07, 6.45) is 1.95. The molecule has 0 aliphatic carbocycles. The van der Waals surface area contributed by atoms with Crippen LogP contribution in [0, 0.1) is 0 Å². The minimum Gasteiger partial charge on any atom is -0.337 e. The zero-order valence-electron chi connectivity index (χ0n) is 11.7. The van der Waals surface area contributed by atoms with E-state index in [-0.39, 0.29) is 16.8 Å². The summed E-state index contributed by atoms with van der Waals surface area (Å²) in [4.78, 5) is 14.3. The molecule has 0 radical (unpaired) electrons. The molecule has 0 bridgehead atoms. The molecule has 1 atom stereocenters. The van der Waals surface area contributed by atoms with Crippen molar-refractivity contribution in [1.82, 2.24) is 10.2 Å². The van der Waals surface area contributed by atoms with Crippen LogP contribution in [-0.2, 0) is 10.0 Å². The molecule has 1 aromatic carbocycles. The molecule has 0 aromatic heterocycles. The molecule has 6 nitrogen and oxygen atoms in total. The molecule has 1 amide bonds. The third kappa shape index (κ3) is 3.82. The third-order valence-electron chi connectivity index (χ3n) is 3.61. The summed E-state index contributed by atoms with van der Waals surface area (Å²) in [5.41, 5.74) is 0.318. The van der Waals surface area contributed by atoms with Gasteiger partial charge >= 0.3 is 0 Å². The number of hydrogen-bond acceptors (Lipinski definition) is 4. The average molecular weight is 376 g/mol. The number of amides is 1. The van der Waals surface area contributed by atoms with Crippen LogP contribution in [-0.4, -0.2) is 45.4 Å². The van der Waals surface area contributed by atoms with E-state index in [0.29, 0.717) is 23.1 Å². The molecule has 116 valence electrons. The fourth-order valence-electron chi connectivity index (χ4n) is 2.41. The molecule has 1 aliphatic rings. The number of benzene rings is 1. The number of halogens is 1. The molecule has 1 heterocycles. The molecule has 3 N–H and O–H groups in total. The van der Waals surface area contributed by atoms with Gasteiger partial charge in [-0.15, -0.1) is 0 Å². The van der Waals surface area contributed by atoms with Crippen LogP contribution >= 0.6 is 15.9 Å². The Morgan fingerprint density at radius 2 is 2.19 bits per heavy atom. The Balaban J connectivity index is 2.30. The first-order valence-electron chi connectivity index (χ1n) is 6.62. The van der Waals surface area contributed by atoms with Crippen LogP contribution in [0.1, 0.15) is 23.2 Å². The van der Waals surface area contributed by atoms with E-state index in [1.807, 2.05) is 7.05 Å². The molecule has 0 spiro atoms. The molecule has 1 fully saturated rings. The molecule has 1 aliphatic heterocycles. The van der Waals surface area contributed by atoms with Gasteiger partial charge in [0.2, 0.25) is 10.0 Å². The maximum atomic E-state index is 12.6. The van der Waals surface area contributed by atoms with Crippen molar-refractivity contribution >= 4 is 31.9 Å². The van der Waals surface area contributed by atoms with Crippen LogP contribution in [0.4, 0.5) is 0 Å². The van der Waals surface area contributed by atoms with Gasteiger partial charge in [0.25, 0.3) is 5.91 Å². The van der Waals surface area contributed by atoms with Gasteiger partial charge < -0.3 is 10.2 Å². The van der Waals surface area contributed by atoms with Crippen molar-refractivity contribution in [1.29, 1.82) is 0 Å². The summed E-state index contributed by atoms with van der Waals surface area (Å²) in [6, 6.07) is 4.50. The average Bonchev–Trinajstić information content (AvgIpc) is 2.46. The summed E-state index contributed by atoms with van der Waals surface area (Å²) in [6.45, 7) is 1.28. The molecule has 1 saturated heterocycles. The normalized spacial score (nSPS) is 19.6. The van der Waals surface area contributed by atoms with Crippen LogP contribution in [0.25, 0.3) is 0 Å². The Labute approximate surface area is 132 Å². The lowest BCUT2D eigenvalue weighted by Crippen LogP contribution is -2.47. The number of likely N-dealkylation sites (N-methyl/N-ethyl adjacent to an activating group) is 1. The maximum absolute atomic E-state index is 12.6. The van der Waals surface area contributed by atoms with Gasteiger partial charge in [-0.1, -0.05) is 0 Å². The highest BCUT2D eigenvalue weighted by Gasteiger charge is 2.25. The van der Waals surface area contributed by atoms with Crippen molar-refractivity contribution in [2.24, 2.45) is 5.14 Å². The predicted molar refractivity (Wildman–Crippen MR) is 83.5 cm³/mol. The van der Waals surface area contributed by atoms with Crippen LogP contribution in [0.3, 0.4) is 0 Å². The fraction of sp³-hybridized carbons (Fsp3) is 0.462. The number of hydrogen-bond donors (Lipinski definition) is 2. The van der Waals surface area contributed by atoms with Crippen molar-refractivity contribution in [3.05, 3.63) is 28.2 Å². The first kappa shape index (κ1) is 16.4. The maximum Gasteiger partial charge on any atom is 0.255 e. The summed E-state index contributed by atoms with van der Waals surface area (Å²) in [5.74, 6) is -0.188. The van der Waals surface area contributed by atoms with Gasteiger partial charge in [-0.2, -0.15) is 0 Å². The van der Waals surface area contributed by atoms with E-state index < -0.39 is 10.0 Å². The van der Waals surface area contributed by atoms with Crippen molar-refractivity contribution in [2.75, 3.05) is 20.1 Å². The predicted octanol–water partition coefficient (Wildman–Crippen LogP) is 0.921. The van der Waals surface area contributed by atoms with Crippen LogP contribution in [0.2, 0.25) is 0 Å². The quantitative estimate of drug-likeness (QED) is 0.821. The summed E-state index contributed by atoms with van der Waals surface area (Å²) in [5, 5.41) is 8.29. The molecule has 0 saturated carbocycles. The van der Waals surface area contributed by atoms with Gasteiger partial charge in [-0.25, -0.2) is 13.6 Å². The number of likely N-dealkylation sites (tertiary alicyclic amines) is 1. The van der Waals surface area contributed by atoms with E-state index in [2.05, 4.69) is 21.2 Å². The van der Waals surface area contributed by atoms with E-state index in [1.54, 1.807) is 4.90 Å². The lowest BCUT2D eigenvalue weighted by molar-refractivity contribution is 0.0697. The number of carbonyl (C=O) groups excluding carboxylic acids is 1. The first-order valence-corrected chi connectivity index (χ1v) is 8.95. The van der Waals surface area contributed by atoms with Crippen molar-refractivity contribution in [2.45, 2.75) is 23.8 Å². The number of nitrogens with two attached hydrogens (primary N) is 1. The van der Waals surface area contributed by atoms with Gasteiger partial charge in [0, 0.05) is 23.6 Å². The summed E-state index contributed by atoms with van der Waals surface area (Å²) < 4.78 is 23.4. The monoisotopic (exact) mass is 375 g/mol. The smallest absolute Gasteiger partial charge is 0.255 e. The fourth-order valence-corrected chi connectivity index (χ4v) is 3.37. The third-order valence-corrected chi connectivity index (χ3v) is 5.22. The largest absolute Gasteiger partial charge is 0.337 e. The van der Waals surface area contributed by atoms with E-state index in [9.17, 15) is 13.2 Å². The standard InChI is InChI=1S/C13H18BrN3O3S/c1-16-9-3-2-6-17(8-9)13(18)11-7-10(21(15,19)20)4-5-12(11)14/h4-5,7,9,16H,2-3,6,8H2,1H3,(H2,15,19,20)/t9-/m1/s1. The summed E-state index contributed by atoms with van der Waals surface area (Å²) >= 11 is 3.30. The van der Waals surface area contributed by atoms with E-state index in [1.165, 1.54) is 18.2 Å². The second-order valence-corrected chi connectivity index (χ2v) is 7.48. The van der Waals surface area contributed by atoms with Crippen LogP contribution in [0.15, 0.2) is 27.6 Å². The van der Waals surface area contributed by atoms with E-state index >= 15 is 0 Å². The van der Waals surface area contributed by atoms with E-state index in [0.717, 1.165) is 12.8 Å². The number of carbonyl (C=O) groups is 1. The molecule has 2 rings (SSSR count). The van der Waals surface area contributed by atoms with Gasteiger partial charge in [-0.3, -0.25) is 4.79 Å². The Hall–Kier alpha value is -0.960. The van der Waals surface area contributed by atoms with Crippen LogP contribution in [0.5, 0.6) is 0 Å². The number of piperidine rings is 1. The van der Waals surface area contributed by atoms with Gasteiger partial charge in [-0.05, 0) is 54.0 Å². The van der Waals surface area contributed by atoms with Crippen molar-refractivity contribution < 1.29 is 13.2 Å². The topological polar surface area (TPSA) is 92.5 Å².